The first kappa shape index (κ1) is 28.0. The van der Waals surface area contributed by atoms with E-state index in [-0.39, 0.29) is 6.61 Å². The highest BCUT2D eigenvalue weighted by Crippen LogP contribution is 2.34. The maximum Gasteiger partial charge on any atom is 0.439 e. The van der Waals surface area contributed by atoms with Gasteiger partial charge in [-0.1, -0.05) is 17.3 Å². The quantitative estimate of drug-likeness (QED) is 0.267. The van der Waals surface area contributed by atoms with E-state index in [1.54, 1.807) is 12.1 Å². The molecule has 0 bridgehead atoms. The number of alkyl halides is 3. The van der Waals surface area contributed by atoms with Crippen molar-refractivity contribution in [2.24, 2.45) is 0 Å². The molecule has 2 aromatic carbocycles. The number of aromatic nitrogens is 3. The fourth-order valence-electron chi connectivity index (χ4n) is 4.31. The predicted octanol–water partition coefficient (Wildman–Crippen LogP) is 4.48. The Kier molecular flexibility index (Phi) is 8.64. The van der Waals surface area contributed by atoms with Gasteiger partial charge in [-0.2, -0.15) is 13.2 Å². The number of halogens is 3. The number of rotatable bonds is 10. The summed E-state index contributed by atoms with van der Waals surface area (Å²) in [4.78, 5) is 21.8. The third kappa shape index (κ3) is 6.97. The van der Waals surface area contributed by atoms with Crippen LogP contribution in [0.5, 0.6) is 5.75 Å². The van der Waals surface area contributed by atoms with Crippen LogP contribution in [-0.2, 0) is 24.1 Å². The van der Waals surface area contributed by atoms with Gasteiger partial charge in [-0.3, -0.25) is 14.4 Å². The van der Waals surface area contributed by atoms with Gasteiger partial charge in [-0.25, -0.2) is 9.78 Å². The van der Waals surface area contributed by atoms with Gasteiger partial charge < -0.3 is 14.8 Å². The zero-order valence-electron chi connectivity index (χ0n) is 21.7. The van der Waals surface area contributed by atoms with E-state index in [4.69, 9.17) is 14.5 Å². The van der Waals surface area contributed by atoms with E-state index in [0.29, 0.717) is 34.3 Å². The van der Waals surface area contributed by atoms with E-state index in [2.05, 4.69) is 24.9 Å². The molecule has 4 aromatic rings. The minimum atomic E-state index is -4.40. The van der Waals surface area contributed by atoms with Crippen molar-refractivity contribution in [1.82, 2.24) is 25.3 Å². The van der Waals surface area contributed by atoms with Gasteiger partial charge in [0.05, 0.1) is 29.3 Å². The molecule has 3 heterocycles. The topological polar surface area (TPSA) is 106 Å². The Hall–Kier alpha value is -3.52. The van der Waals surface area contributed by atoms with Crippen LogP contribution in [0.25, 0.3) is 22.0 Å². The Morgan fingerprint density at radius 2 is 1.93 bits per heavy atom. The molecule has 0 atom stereocenters. The molecule has 0 unspecified atom stereocenters. The first-order chi connectivity index (χ1) is 19.3. The largest absolute Gasteiger partial charge is 0.488 e. The third-order valence-electron chi connectivity index (χ3n) is 6.50. The molecule has 212 valence electrons. The molecule has 1 aliphatic heterocycles. The highest BCUT2D eigenvalue weighted by Gasteiger charge is 2.30. The molecule has 13 heteroatoms. The average molecular weight is 576 g/mol. The highest BCUT2D eigenvalue weighted by molar-refractivity contribution is 7.15. The molecule has 0 aliphatic carbocycles. The molecular formula is C27H28F3N5O4S. The van der Waals surface area contributed by atoms with E-state index in [1.807, 2.05) is 13.0 Å². The van der Waals surface area contributed by atoms with Crippen molar-refractivity contribution >= 4 is 11.3 Å². The van der Waals surface area contributed by atoms with Gasteiger partial charge in [0.25, 0.3) is 0 Å². The van der Waals surface area contributed by atoms with Crippen molar-refractivity contribution in [3.63, 3.8) is 0 Å². The molecule has 2 N–H and O–H groups in total. The Bertz CT molecular complexity index is 1480. The van der Waals surface area contributed by atoms with Crippen molar-refractivity contribution in [3.8, 4) is 27.7 Å². The fraction of sp³-hybridized carbons (Fsp3) is 0.370. The summed E-state index contributed by atoms with van der Waals surface area (Å²) < 4.78 is 55.2. The molecule has 1 saturated heterocycles. The maximum absolute atomic E-state index is 13.0. The van der Waals surface area contributed by atoms with Crippen LogP contribution in [0.15, 0.2) is 51.8 Å². The SMILES string of the molecule is Cc1cc(OCc2sc(-c3ccc(C(F)(F)F)cc3)nc2CNCCN2CCOCC2)ccc1-c1noc(=O)[nH]1. The number of ether oxygens (including phenoxy) is 2. The van der Waals surface area contributed by atoms with Gasteiger partial charge in [0.2, 0.25) is 0 Å². The van der Waals surface area contributed by atoms with Crippen LogP contribution in [0.4, 0.5) is 13.2 Å². The number of nitrogens with zero attached hydrogens (tertiary/aromatic N) is 3. The van der Waals surface area contributed by atoms with Crippen LogP contribution in [0.3, 0.4) is 0 Å². The lowest BCUT2D eigenvalue weighted by atomic mass is 10.1. The standard InChI is InChI=1S/C27H28F3N5O4S/c1-17-14-20(6-7-21(17)24-33-26(36)39-34-24)38-16-23-22(15-31-8-9-35-10-12-37-13-11-35)32-25(40-23)18-2-4-19(5-3-18)27(28,29)30/h2-7,14,31H,8-13,15-16H2,1H3,(H,33,34,36). The number of morpholine rings is 1. The monoisotopic (exact) mass is 575 g/mol. The number of thiazole rings is 1. The Balaban J connectivity index is 1.30. The number of hydrogen-bond acceptors (Lipinski definition) is 9. The van der Waals surface area contributed by atoms with Crippen LogP contribution < -0.4 is 15.8 Å². The fourth-order valence-corrected chi connectivity index (χ4v) is 5.31. The van der Waals surface area contributed by atoms with Gasteiger partial charge >= 0.3 is 11.9 Å². The Morgan fingerprint density at radius 3 is 2.60 bits per heavy atom. The van der Waals surface area contributed by atoms with Gasteiger partial charge in [0.1, 0.15) is 17.4 Å². The summed E-state index contributed by atoms with van der Waals surface area (Å²) in [6.45, 7) is 7.53. The summed E-state index contributed by atoms with van der Waals surface area (Å²) in [5.41, 5.74) is 2.25. The van der Waals surface area contributed by atoms with Gasteiger partial charge in [-0.15, -0.1) is 11.3 Å². The first-order valence-electron chi connectivity index (χ1n) is 12.7. The number of H-pyrrole nitrogens is 1. The van der Waals surface area contributed by atoms with Crippen molar-refractivity contribution < 1.29 is 27.2 Å². The average Bonchev–Trinajstić information content (AvgIpc) is 3.56. The van der Waals surface area contributed by atoms with E-state index < -0.39 is 17.5 Å². The molecule has 9 nitrogen and oxygen atoms in total. The van der Waals surface area contributed by atoms with Crippen molar-refractivity contribution in [1.29, 1.82) is 0 Å². The van der Waals surface area contributed by atoms with Crippen LogP contribution in [0, 0.1) is 6.92 Å². The van der Waals surface area contributed by atoms with E-state index in [1.165, 1.54) is 23.5 Å². The normalized spacial score (nSPS) is 14.5. The van der Waals surface area contributed by atoms with E-state index in [0.717, 1.165) is 67.7 Å². The summed E-state index contributed by atoms with van der Waals surface area (Å²) in [5.74, 6) is 0.320. The van der Waals surface area contributed by atoms with Gasteiger partial charge in [-0.05, 0) is 42.8 Å². The summed E-state index contributed by atoms with van der Waals surface area (Å²) >= 11 is 1.39. The summed E-state index contributed by atoms with van der Waals surface area (Å²) in [6, 6.07) is 10.4. The van der Waals surface area contributed by atoms with E-state index >= 15 is 0 Å². The first-order valence-corrected chi connectivity index (χ1v) is 13.5. The summed E-state index contributed by atoms with van der Waals surface area (Å²) in [5, 5.41) is 7.78. The second-order valence-corrected chi connectivity index (χ2v) is 10.4. The molecule has 0 spiro atoms. The molecule has 0 amide bonds. The van der Waals surface area contributed by atoms with Gasteiger partial charge in [0, 0.05) is 43.9 Å². The smallest absolute Gasteiger partial charge is 0.439 e. The molecule has 5 rings (SSSR count). The minimum Gasteiger partial charge on any atom is -0.488 e. The predicted molar refractivity (Wildman–Crippen MR) is 143 cm³/mol. The zero-order valence-corrected chi connectivity index (χ0v) is 22.5. The molecule has 40 heavy (non-hydrogen) atoms. The van der Waals surface area contributed by atoms with Crippen molar-refractivity contribution in [3.05, 3.63) is 74.7 Å². The molecule has 0 radical (unpaired) electrons. The van der Waals surface area contributed by atoms with E-state index in [9.17, 15) is 18.0 Å². The van der Waals surface area contributed by atoms with Crippen molar-refractivity contribution in [2.45, 2.75) is 26.3 Å². The number of aryl methyl sites for hydroxylation is 1. The van der Waals surface area contributed by atoms with Crippen LogP contribution in [0.1, 0.15) is 21.7 Å². The zero-order chi connectivity index (χ0) is 28.1. The Labute approximate surface area is 231 Å². The maximum atomic E-state index is 13.0. The molecule has 0 saturated carbocycles. The minimum absolute atomic E-state index is 0.234. The summed E-state index contributed by atoms with van der Waals surface area (Å²) in [7, 11) is 0. The molecule has 1 aliphatic rings. The number of benzene rings is 2. The molecule has 2 aromatic heterocycles. The molecule has 1 fully saturated rings. The second-order valence-electron chi connectivity index (χ2n) is 9.30. The molecular weight excluding hydrogens is 547 g/mol. The second kappa shape index (κ2) is 12.3. The number of aromatic amines is 1. The van der Waals surface area contributed by atoms with Crippen LogP contribution >= 0.6 is 11.3 Å². The number of hydrogen-bond donors (Lipinski definition) is 2. The highest BCUT2D eigenvalue weighted by atomic mass is 32.1. The van der Waals surface area contributed by atoms with Gasteiger partial charge in [0.15, 0.2) is 5.82 Å². The summed E-state index contributed by atoms with van der Waals surface area (Å²) in [6.07, 6.45) is -4.40. The lowest BCUT2D eigenvalue weighted by Crippen LogP contribution is -2.40. The number of nitrogens with one attached hydrogen (secondary N) is 2. The van der Waals surface area contributed by atoms with Crippen LogP contribution in [0.2, 0.25) is 0 Å². The van der Waals surface area contributed by atoms with Crippen LogP contribution in [-0.4, -0.2) is 59.4 Å². The third-order valence-corrected chi connectivity index (χ3v) is 7.62. The van der Waals surface area contributed by atoms with Crippen molar-refractivity contribution in [2.75, 3.05) is 39.4 Å². The Morgan fingerprint density at radius 1 is 1.15 bits per heavy atom. The lowest BCUT2D eigenvalue weighted by Gasteiger charge is -2.26. The lowest BCUT2D eigenvalue weighted by molar-refractivity contribution is -0.137.